The molecule has 108 heavy (non-hydrogen) atoms. The molecular formula is C92H78Cl2N8O6. The molecule has 0 bridgehead atoms. The van der Waals surface area contributed by atoms with Crippen LogP contribution in [0.2, 0.25) is 10.3 Å². The van der Waals surface area contributed by atoms with E-state index in [1.54, 1.807) is 0 Å². The number of hydrogen-bond acceptors (Lipinski definition) is 10. The highest BCUT2D eigenvalue weighted by Gasteiger charge is 2.27. The molecule has 4 aromatic heterocycles. The molecule has 16 rings (SSSR count). The van der Waals surface area contributed by atoms with Gasteiger partial charge in [0.2, 0.25) is 5.69 Å². The minimum absolute atomic E-state index is 0.161. The van der Waals surface area contributed by atoms with Gasteiger partial charge in [-0.1, -0.05) is 172 Å². The van der Waals surface area contributed by atoms with Crippen molar-refractivity contribution < 1.29 is 18.9 Å². The van der Waals surface area contributed by atoms with E-state index in [2.05, 4.69) is 41.8 Å². The molecule has 0 radical (unpaired) electrons. The number of aromatic amines is 2. The number of benzene rings is 8. The first-order chi connectivity index (χ1) is 53.0. The Kier molecular flexibility index (Phi) is 24.8. The predicted octanol–water partition coefficient (Wildman–Crippen LogP) is 25.5. The Labute approximate surface area is 639 Å². The molecule has 12 aromatic rings. The molecule has 0 amide bonds. The van der Waals surface area contributed by atoms with Gasteiger partial charge in [0.25, 0.3) is 16.8 Å². The molecule has 4 saturated carbocycles. The highest BCUT2D eigenvalue weighted by molar-refractivity contribution is 6.32. The Morgan fingerprint density at radius 2 is 0.731 bits per heavy atom. The summed E-state index contributed by atoms with van der Waals surface area (Å²) in [6.07, 6.45) is 18.4. The number of pyridine rings is 4. The summed E-state index contributed by atoms with van der Waals surface area (Å²) in [7, 11) is 0. The smallest absolute Gasteiger partial charge is 0.266 e. The molecule has 14 nitrogen and oxygen atoms in total. The van der Waals surface area contributed by atoms with Crippen LogP contribution < -0.4 is 30.1 Å². The van der Waals surface area contributed by atoms with Crippen LogP contribution in [-0.2, 0) is 0 Å². The molecular weight excluding hydrogens is 1380 g/mol. The summed E-state index contributed by atoms with van der Waals surface area (Å²) in [5.41, 5.74) is 11.4. The molecule has 2 N–H and O–H groups in total. The van der Waals surface area contributed by atoms with Gasteiger partial charge in [-0.05, 0) is 243 Å². The van der Waals surface area contributed by atoms with Crippen LogP contribution in [0, 0.1) is 35.8 Å². The molecule has 16 heteroatoms. The van der Waals surface area contributed by atoms with Crippen LogP contribution in [0.15, 0.2) is 252 Å². The van der Waals surface area contributed by atoms with E-state index in [4.69, 9.17) is 55.3 Å². The van der Waals surface area contributed by atoms with Gasteiger partial charge in [0.15, 0.2) is 0 Å². The van der Waals surface area contributed by atoms with Crippen molar-refractivity contribution in [2.75, 3.05) is 0 Å². The highest BCUT2D eigenvalue weighted by atomic mass is 35.5. The van der Waals surface area contributed by atoms with Crippen LogP contribution in [0.3, 0.4) is 0 Å². The van der Waals surface area contributed by atoms with E-state index >= 15 is 0 Å². The Balaban J connectivity index is 0.000000127. The van der Waals surface area contributed by atoms with Crippen LogP contribution >= 0.6 is 23.2 Å². The molecule has 0 atom stereocenters. The summed E-state index contributed by atoms with van der Waals surface area (Å²) < 4.78 is 23.3. The van der Waals surface area contributed by atoms with Gasteiger partial charge in [-0.15, -0.1) is 0 Å². The largest absolute Gasteiger partial charge is 0.457 e. The maximum atomic E-state index is 12.4. The van der Waals surface area contributed by atoms with E-state index in [1.807, 2.05) is 243 Å². The average molecular weight is 1460 g/mol. The van der Waals surface area contributed by atoms with Crippen molar-refractivity contribution in [2.45, 2.75) is 126 Å². The van der Waals surface area contributed by atoms with Crippen LogP contribution in [0.5, 0.6) is 46.0 Å². The van der Waals surface area contributed by atoms with Crippen LogP contribution in [0.1, 0.15) is 160 Å². The number of nitrogens with zero attached hydrogens (tertiary/aromatic N) is 6. The van der Waals surface area contributed by atoms with Gasteiger partial charge in [-0.25, -0.2) is 19.7 Å². The van der Waals surface area contributed by atoms with Crippen molar-refractivity contribution in [3.05, 3.63) is 330 Å². The number of para-hydroxylation sites is 4. The van der Waals surface area contributed by atoms with E-state index in [0.29, 0.717) is 56.5 Å². The summed E-state index contributed by atoms with van der Waals surface area (Å²) in [6, 6.07) is 81.5. The minimum atomic E-state index is -0.304. The lowest BCUT2D eigenvalue weighted by molar-refractivity contribution is 0.482. The zero-order valence-corrected chi connectivity index (χ0v) is 61.1. The standard InChI is InChI=1S/2C23H19ClN2O.2C23H20N2O2/c1-25-22-20(16-7-5-6-8-16)15-21(26-23(22)24)17-11-13-19(14-12-17)27-18-9-3-2-4-10-18;24-23-21(15-25)20(14-22(26-23)17-6-4-5-7-17)16-10-12-19(13-11-16)27-18-8-2-1-3-9-18;1-24-22-20(16-7-5-6-8-16)15-21(25-23(22)26)17-11-13-19(14-12-17)27-18-9-3-2-4-10-18;24-15-21-20(14-22(25-23(21)26)17-6-4-5-7-17)16-10-12-19(13-11-16)27-18-8-2-1-3-9-18/h2-4,9-16H,5-8H2;1-3,8-14,17H,4-7H2;2-4,9-16H,5-8H2,(H,25,26);1-3,8-14,17H,4-7H2,(H,25,26). The summed E-state index contributed by atoms with van der Waals surface area (Å²) in [6.45, 7) is 14.9. The van der Waals surface area contributed by atoms with Crippen LogP contribution in [-0.4, -0.2) is 19.9 Å². The zero-order valence-electron chi connectivity index (χ0n) is 59.6. The van der Waals surface area contributed by atoms with Gasteiger partial charge < -0.3 is 28.9 Å². The fraction of sp³-hybridized carbons (Fsp3) is 0.217. The summed E-state index contributed by atoms with van der Waals surface area (Å²) in [5, 5.41) is 19.6. The number of aromatic nitrogens is 4. The van der Waals surface area contributed by atoms with Crippen molar-refractivity contribution in [2.24, 2.45) is 0 Å². The Morgan fingerprint density at radius 1 is 0.370 bits per heavy atom. The normalized spacial score (nSPS) is 14.1. The van der Waals surface area contributed by atoms with E-state index < -0.39 is 0 Å². The van der Waals surface area contributed by atoms with Gasteiger partial charge >= 0.3 is 0 Å². The molecule has 0 unspecified atom stereocenters. The molecule has 8 aromatic carbocycles. The predicted molar refractivity (Wildman–Crippen MR) is 427 cm³/mol. The molecule has 0 spiro atoms. The SMILES string of the molecule is N#Cc1c(-c2ccc(Oc3ccccc3)cc2)cc(C2CCCC2)[nH]c1=O.N#Cc1c(-c2ccc(Oc3ccccc3)cc2)cc(C2CCCC2)nc1Cl.[C-]#[N+]c1c(C2CCCC2)cc(-c2ccc(Oc3ccccc3)cc2)[nH]c1=O.[C-]#[N+]c1c(C2CCCC2)cc(-c2ccc(Oc3ccccc3)cc2)nc1Cl. The molecule has 4 aliphatic rings. The minimum Gasteiger partial charge on any atom is -0.457 e. The first-order valence-electron chi connectivity index (χ1n) is 36.8. The fourth-order valence-corrected chi connectivity index (χ4v) is 15.2. The van der Waals surface area contributed by atoms with E-state index in [0.717, 1.165) is 166 Å². The lowest BCUT2D eigenvalue weighted by atomic mass is 9.95. The molecule has 4 fully saturated rings. The first-order valence-corrected chi connectivity index (χ1v) is 37.6. The second kappa shape index (κ2) is 36.1. The first kappa shape index (κ1) is 74.0. The third-order valence-electron chi connectivity index (χ3n) is 20.2. The maximum absolute atomic E-state index is 12.4. The van der Waals surface area contributed by atoms with Crippen molar-refractivity contribution in [3.8, 4) is 103 Å². The van der Waals surface area contributed by atoms with Gasteiger partial charge in [-0.3, -0.25) is 9.59 Å². The molecule has 536 valence electrons. The summed E-state index contributed by atoms with van der Waals surface area (Å²) in [5.74, 6) is 7.65. The van der Waals surface area contributed by atoms with Crippen LogP contribution in [0.25, 0.3) is 54.5 Å². The van der Waals surface area contributed by atoms with Gasteiger partial charge in [-0.2, -0.15) is 10.5 Å². The highest BCUT2D eigenvalue weighted by Crippen LogP contribution is 2.45. The lowest BCUT2D eigenvalue weighted by Gasteiger charge is -2.15. The number of rotatable bonds is 16. The second-order valence-electron chi connectivity index (χ2n) is 27.3. The zero-order chi connectivity index (χ0) is 74.6. The van der Waals surface area contributed by atoms with Gasteiger partial charge in [0, 0.05) is 39.7 Å². The number of halogens is 2. The molecule has 0 saturated heterocycles. The second-order valence-corrected chi connectivity index (χ2v) is 28.0. The summed E-state index contributed by atoms with van der Waals surface area (Å²) >= 11 is 12.7. The van der Waals surface area contributed by atoms with E-state index in [9.17, 15) is 20.1 Å². The molecule has 4 aliphatic carbocycles. The summed E-state index contributed by atoms with van der Waals surface area (Å²) in [4.78, 5) is 46.8. The number of nitriles is 2. The lowest BCUT2D eigenvalue weighted by Crippen LogP contribution is -2.15. The number of nitrogens with one attached hydrogen (secondary N) is 2. The Hall–Kier alpha value is -12.3. The molecule has 0 aliphatic heterocycles. The van der Waals surface area contributed by atoms with Crippen molar-refractivity contribution in [1.29, 1.82) is 10.5 Å². The van der Waals surface area contributed by atoms with Crippen molar-refractivity contribution in [3.63, 3.8) is 0 Å². The Morgan fingerprint density at radius 3 is 1.14 bits per heavy atom. The van der Waals surface area contributed by atoms with E-state index in [-0.39, 0.29) is 22.4 Å². The number of hydrogen-bond donors (Lipinski definition) is 2. The van der Waals surface area contributed by atoms with E-state index in [1.165, 1.54) is 38.5 Å². The maximum Gasteiger partial charge on any atom is 0.266 e. The van der Waals surface area contributed by atoms with Gasteiger partial charge in [0.05, 0.1) is 24.4 Å². The third-order valence-corrected chi connectivity index (χ3v) is 20.8. The topological polar surface area (TPSA) is 185 Å². The average Bonchev–Trinajstić information content (AvgIpc) is 1.33. The fourth-order valence-electron chi connectivity index (χ4n) is 14.7. The number of H-pyrrole nitrogens is 2. The number of ether oxygens (including phenoxy) is 4. The molecule has 4 heterocycles. The Bertz CT molecular complexity index is 5340. The third kappa shape index (κ3) is 18.7. The van der Waals surface area contributed by atoms with Crippen molar-refractivity contribution >= 4 is 34.6 Å². The monoisotopic (exact) mass is 1460 g/mol. The quantitative estimate of drug-likeness (QED) is 0.0697. The van der Waals surface area contributed by atoms with Crippen LogP contribution in [0.4, 0.5) is 11.4 Å². The van der Waals surface area contributed by atoms with Gasteiger partial charge in [0.1, 0.15) is 74.0 Å². The van der Waals surface area contributed by atoms with Crippen molar-refractivity contribution in [1.82, 2.24) is 19.9 Å².